The lowest BCUT2D eigenvalue weighted by Gasteiger charge is -2.02. The lowest BCUT2D eigenvalue weighted by molar-refractivity contribution is 0.199. The zero-order valence-corrected chi connectivity index (χ0v) is 9.36. The predicted octanol–water partition coefficient (Wildman–Crippen LogP) is 0.428. The third kappa shape index (κ3) is 2.76. The van der Waals surface area contributed by atoms with Crippen molar-refractivity contribution in [3.05, 3.63) is 11.6 Å². The molecule has 5 nitrogen and oxygen atoms in total. The van der Waals surface area contributed by atoms with Gasteiger partial charge in [0, 0.05) is 26.6 Å². The third-order valence-electron chi connectivity index (χ3n) is 2.58. The Balaban J connectivity index is 1.84. The van der Waals surface area contributed by atoms with Gasteiger partial charge < -0.3 is 10.1 Å². The first kappa shape index (κ1) is 10.6. The molecule has 0 aliphatic heterocycles. The van der Waals surface area contributed by atoms with Gasteiger partial charge in [0.25, 0.3) is 0 Å². The molecular formula is C10H18N4O. The molecule has 1 aliphatic carbocycles. The number of nitrogens with zero attached hydrogens (tertiary/aromatic N) is 3. The van der Waals surface area contributed by atoms with E-state index in [1.807, 2.05) is 11.7 Å². The highest BCUT2D eigenvalue weighted by molar-refractivity contribution is 5.05. The van der Waals surface area contributed by atoms with Crippen LogP contribution in [-0.2, 0) is 18.3 Å². The predicted molar refractivity (Wildman–Crippen MR) is 56.6 cm³/mol. The molecule has 0 spiro atoms. The highest BCUT2D eigenvalue weighted by atomic mass is 16.5. The lowest BCUT2D eigenvalue weighted by Crippen LogP contribution is -2.20. The molecule has 0 saturated heterocycles. The fourth-order valence-corrected chi connectivity index (χ4v) is 1.48. The van der Waals surface area contributed by atoms with E-state index in [2.05, 4.69) is 15.4 Å². The lowest BCUT2D eigenvalue weighted by atomic mass is 10.4. The number of aryl methyl sites for hydroxylation is 1. The number of hydrogen-bond donors (Lipinski definition) is 1. The van der Waals surface area contributed by atoms with Gasteiger partial charge in [0.2, 0.25) is 0 Å². The molecule has 1 heterocycles. The van der Waals surface area contributed by atoms with Crippen molar-refractivity contribution in [2.75, 3.05) is 20.3 Å². The summed E-state index contributed by atoms with van der Waals surface area (Å²) in [6, 6.07) is 0. The second-order valence-electron chi connectivity index (χ2n) is 3.95. The van der Waals surface area contributed by atoms with Crippen molar-refractivity contribution in [3.8, 4) is 0 Å². The van der Waals surface area contributed by atoms with Crippen LogP contribution < -0.4 is 5.32 Å². The van der Waals surface area contributed by atoms with Gasteiger partial charge in [-0.1, -0.05) is 0 Å². The van der Waals surface area contributed by atoms with E-state index in [1.54, 1.807) is 7.11 Å². The third-order valence-corrected chi connectivity index (χ3v) is 2.58. The van der Waals surface area contributed by atoms with Crippen LogP contribution in [0, 0.1) is 0 Å². The number of hydrogen-bond acceptors (Lipinski definition) is 4. The normalized spacial score (nSPS) is 15.9. The molecule has 0 aromatic carbocycles. The maximum absolute atomic E-state index is 4.96. The minimum atomic E-state index is 0.629. The number of aromatic nitrogens is 3. The molecule has 0 amide bonds. The highest BCUT2D eigenvalue weighted by Gasteiger charge is 2.28. The second-order valence-corrected chi connectivity index (χ2v) is 3.95. The van der Waals surface area contributed by atoms with Crippen LogP contribution in [0.4, 0.5) is 0 Å². The van der Waals surface area contributed by atoms with Crippen LogP contribution in [0.2, 0.25) is 0 Å². The molecule has 2 rings (SSSR count). The summed E-state index contributed by atoms with van der Waals surface area (Å²) in [5, 5.41) is 7.67. The summed E-state index contributed by atoms with van der Waals surface area (Å²) in [4.78, 5) is 4.52. The maximum atomic E-state index is 4.96. The summed E-state index contributed by atoms with van der Waals surface area (Å²) in [7, 11) is 3.65. The van der Waals surface area contributed by atoms with Gasteiger partial charge in [0.15, 0.2) is 5.82 Å². The number of ether oxygens (including phenoxy) is 1. The summed E-state index contributed by atoms with van der Waals surface area (Å²) in [5.74, 6) is 2.65. The van der Waals surface area contributed by atoms with Crippen molar-refractivity contribution in [3.63, 3.8) is 0 Å². The van der Waals surface area contributed by atoms with Crippen molar-refractivity contribution in [2.45, 2.75) is 25.3 Å². The molecule has 1 saturated carbocycles. The Bertz CT molecular complexity index is 319. The largest absolute Gasteiger partial charge is 0.383 e. The summed E-state index contributed by atoms with van der Waals surface area (Å²) in [6.07, 6.45) is 2.50. The topological polar surface area (TPSA) is 52.0 Å². The average molecular weight is 210 g/mol. The van der Waals surface area contributed by atoms with Gasteiger partial charge >= 0.3 is 0 Å². The molecule has 0 unspecified atom stereocenters. The van der Waals surface area contributed by atoms with E-state index >= 15 is 0 Å². The molecule has 5 heteroatoms. The standard InChI is InChI=1S/C10H18N4O/c1-14-9(7-11-5-6-15-2)12-10(13-14)8-3-4-8/h8,11H,3-7H2,1-2H3. The van der Waals surface area contributed by atoms with Crippen LogP contribution >= 0.6 is 0 Å². The van der Waals surface area contributed by atoms with Crippen LogP contribution in [0.15, 0.2) is 0 Å². The molecule has 0 bridgehead atoms. The van der Waals surface area contributed by atoms with E-state index in [-0.39, 0.29) is 0 Å². The van der Waals surface area contributed by atoms with Crippen molar-refractivity contribution >= 4 is 0 Å². The van der Waals surface area contributed by atoms with Gasteiger partial charge in [-0.3, -0.25) is 4.68 Å². The SMILES string of the molecule is COCCNCc1nc(C2CC2)nn1C. The molecule has 1 aliphatic rings. The van der Waals surface area contributed by atoms with E-state index in [1.165, 1.54) is 12.8 Å². The molecule has 84 valence electrons. The number of rotatable bonds is 6. The Morgan fingerprint density at radius 3 is 3.00 bits per heavy atom. The number of methoxy groups -OCH3 is 1. The average Bonchev–Trinajstić information content (AvgIpc) is 3.00. The molecular weight excluding hydrogens is 192 g/mol. The smallest absolute Gasteiger partial charge is 0.154 e. The Morgan fingerprint density at radius 1 is 1.53 bits per heavy atom. The Hall–Kier alpha value is -0.940. The molecule has 1 aromatic heterocycles. The molecule has 0 atom stereocenters. The van der Waals surface area contributed by atoms with E-state index in [4.69, 9.17) is 4.74 Å². The zero-order valence-electron chi connectivity index (χ0n) is 9.36. The first-order chi connectivity index (χ1) is 7.31. The van der Waals surface area contributed by atoms with Crippen LogP contribution in [0.5, 0.6) is 0 Å². The Morgan fingerprint density at radius 2 is 2.33 bits per heavy atom. The van der Waals surface area contributed by atoms with Gasteiger partial charge in [0.05, 0.1) is 13.2 Å². The van der Waals surface area contributed by atoms with Crippen LogP contribution in [0.1, 0.15) is 30.4 Å². The van der Waals surface area contributed by atoms with Gasteiger partial charge in [-0.15, -0.1) is 0 Å². The van der Waals surface area contributed by atoms with E-state index in [0.29, 0.717) is 5.92 Å². The minimum absolute atomic E-state index is 0.629. The van der Waals surface area contributed by atoms with Gasteiger partial charge in [0.1, 0.15) is 5.82 Å². The fourth-order valence-electron chi connectivity index (χ4n) is 1.48. The Kier molecular flexibility index (Phi) is 3.33. The summed E-state index contributed by atoms with van der Waals surface area (Å²) in [5.41, 5.74) is 0. The molecule has 1 fully saturated rings. The van der Waals surface area contributed by atoms with Gasteiger partial charge in [-0.25, -0.2) is 4.98 Å². The fraction of sp³-hybridized carbons (Fsp3) is 0.800. The maximum Gasteiger partial charge on any atom is 0.154 e. The first-order valence-corrected chi connectivity index (χ1v) is 5.40. The van der Waals surface area contributed by atoms with Gasteiger partial charge in [-0.2, -0.15) is 5.10 Å². The molecule has 1 aromatic rings. The quantitative estimate of drug-likeness (QED) is 0.692. The summed E-state index contributed by atoms with van der Waals surface area (Å²) >= 11 is 0. The molecule has 15 heavy (non-hydrogen) atoms. The van der Waals surface area contributed by atoms with Crippen molar-refractivity contribution in [1.82, 2.24) is 20.1 Å². The van der Waals surface area contributed by atoms with Gasteiger partial charge in [-0.05, 0) is 12.8 Å². The number of nitrogens with one attached hydrogen (secondary N) is 1. The molecule has 1 N–H and O–H groups in total. The van der Waals surface area contributed by atoms with Crippen molar-refractivity contribution < 1.29 is 4.74 Å². The summed E-state index contributed by atoms with van der Waals surface area (Å²) in [6.45, 7) is 2.34. The second kappa shape index (κ2) is 4.72. The van der Waals surface area contributed by atoms with Crippen LogP contribution in [0.25, 0.3) is 0 Å². The summed E-state index contributed by atoms with van der Waals surface area (Å²) < 4.78 is 6.83. The first-order valence-electron chi connectivity index (χ1n) is 5.40. The van der Waals surface area contributed by atoms with E-state index in [0.717, 1.165) is 31.3 Å². The van der Waals surface area contributed by atoms with E-state index in [9.17, 15) is 0 Å². The monoisotopic (exact) mass is 210 g/mol. The van der Waals surface area contributed by atoms with Crippen LogP contribution in [0.3, 0.4) is 0 Å². The Labute approximate surface area is 89.8 Å². The minimum Gasteiger partial charge on any atom is -0.383 e. The van der Waals surface area contributed by atoms with Crippen LogP contribution in [-0.4, -0.2) is 35.0 Å². The molecule has 0 radical (unpaired) electrons. The van der Waals surface area contributed by atoms with Crippen molar-refractivity contribution in [2.24, 2.45) is 7.05 Å². The highest BCUT2D eigenvalue weighted by Crippen LogP contribution is 2.37. The zero-order chi connectivity index (χ0) is 10.7. The van der Waals surface area contributed by atoms with Crippen molar-refractivity contribution in [1.29, 1.82) is 0 Å². The van der Waals surface area contributed by atoms with E-state index < -0.39 is 0 Å².